The average molecular weight is 571 g/mol. The standard InChI is InChI=1S/C28H38N6O5S/c35-14-16-40(36,37)32-22-5-6-24-25(18-22)33-12-8-23(9-13-33)38-15-2-4-20-3-1-11-34(19-20)26-17-21(7-10-29-26)28-30-27(24)31-39-28/h5-7,10,18,20-21,23,32,35H,1-4,8-9,11-17,19H2. The number of aliphatic hydroxyl groups excluding tert-OH is 1. The summed E-state index contributed by atoms with van der Waals surface area (Å²) in [5.41, 5.74) is 2.06. The number of nitrogens with one attached hydrogen (secondary N) is 1. The number of benzene rings is 1. The number of anilines is 2. The second-order valence-electron chi connectivity index (χ2n) is 11.2. The van der Waals surface area contributed by atoms with E-state index < -0.39 is 16.6 Å². The van der Waals surface area contributed by atoms with Crippen LogP contribution in [0.1, 0.15) is 56.8 Å². The summed E-state index contributed by atoms with van der Waals surface area (Å²) in [6.45, 7) is 3.95. The van der Waals surface area contributed by atoms with Crippen molar-refractivity contribution in [1.82, 2.24) is 15.0 Å². The van der Waals surface area contributed by atoms with Crippen molar-refractivity contribution >= 4 is 27.2 Å². The quantitative estimate of drug-likeness (QED) is 0.568. The fraction of sp³-hybridized carbons (Fsp3) is 0.607. The van der Waals surface area contributed by atoms with Crippen molar-refractivity contribution in [1.29, 1.82) is 0 Å². The highest BCUT2D eigenvalue weighted by Crippen LogP contribution is 2.36. The minimum atomic E-state index is -3.66. The number of aliphatic hydroxyl groups is 1. The summed E-state index contributed by atoms with van der Waals surface area (Å²) < 4.78 is 39.4. The maximum Gasteiger partial charge on any atom is 0.234 e. The molecule has 5 aliphatic rings. The van der Waals surface area contributed by atoms with Gasteiger partial charge in [-0.15, -0.1) is 0 Å². The Balaban J connectivity index is 1.32. The molecule has 11 nitrogen and oxygen atoms in total. The van der Waals surface area contributed by atoms with Crippen molar-refractivity contribution in [2.45, 2.75) is 57.0 Å². The minimum absolute atomic E-state index is 0.0478. The minimum Gasteiger partial charge on any atom is -0.395 e. The van der Waals surface area contributed by atoms with E-state index in [0.29, 0.717) is 23.3 Å². The number of amidine groups is 1. The highest BCUT2D eigenvalue weighted by molar-refractivity contribution is 7.92. The molecule has 2 N–H and O–H groups in total. The largest absolute Gasteiger partial charge is 0.395 e. The van der Waals surface area contributed by atoms with Crippen molar-refractivity contribution in [2.75, 3.05) is 54.8 Å². The molecule has 2 saturated heterocycles. The van der Waals surface area contributed by atoms with E-state index in [1.165, 1.54) is 12.8 Å². The summed E-state index contributed by atoms with van der Waals surface area (Å²) in [6.07, 6.45) is 11.3. The van der Waals surface area contributed by atoms with Crippen LogP contribution in [0.4, 0.5) is 11.4 Å². The molecule has 1 aromatic carbocycles. The van der Waals surface area contributed by atoms with Gasteiger partial charge in [0.05, 0.1) is 30.1 Å². The van der Waals surface area contributed by atoms with Crippen LogP contribution in [-0.2, 0) is 14.8 Å². The van der Waals surface area contributed by atoms with Gasteiger partial charge in [-0.3, -0.25) is 4.72 Å². The first kappa shape index (κ1) is 27.2. The molecule has 12 heteroatoms. The van der Waals surface area contributed by atoms with Crippen molar-refractivity contribution in [3.63, 3.8) is 0 Å². The fourth-order valence-electron chi connectivity index (χ4n) is 6.24. The molecule has 40 heavy (non-hydrogen) atoms. The molecule has 0 amide bonds. The molecule has 2 aromatic rings. The van der Waals surface area contributed by atoms with E-state index in [-0.39, 0.29) is 17.8 Å². The first-order valence-electron chi connectivity index (χ1n) is 14.4. The van der Waals surface area contributed by atoms with Crippen LogP contribution in [0.5, 0.6) is 0 Å². The first-order valence-corrected chi connectivity index (χ1v) is 16.1. The normalized spacial score (nSPS) is 25.4. The highest BCUT2D eigenvalue weighted by Gasteiger charge is 2.29. The number of fused-ring (bicyclic) bond motifs is 5. The number of hydrogen-bond acceptors (Lipinski definition) is 10. The number of aromatic nitrogens is 2. The number of rotatable bonds is 4. The summed E-state index contributed by atoms with van der Waals surface area (Å²) in [4.78, 5) is 14.2. The summed E-state index contributed by atoms with van der Waals surface area (Å²) in [6, 6.07) is 5.36. The molecule has 216 valence electrons. The number of piperidine rings is 2. The van der Waals surface area contributed by atoms with Crippen molar-refractivity contribution in [3.05, 3.63) is 36.4 Å². The lowest BCUT2D eigenvalue weighted by atomic mass is 9.92. The average Bonchev–Trinajstić information content (AvgIpc) is 3.46. The number of allylic oxidation sites excluding steroid dienone is 1. The molecule has 0 spiro atoms. The van der Waals surface area contributed by atoms with Crippen molar-refractivity contribution in [2.24, 2.45) is 10.9 Å². The van der Waals surface area contributed by atoms with Gasteiger partial charge in [0.1, 0.15) is 5.84 Å². The summed E-state index contributed by atoms with van der Waals surface area (Å²) in [5, 5.41) is 13.5. The van der Waals surface area contributed by atoms with E-state index in [0.717, 1.165) is 82.0 Å². The third-order valence-electron chi connectivity index (χ3n) is 8.35. The van der Waals surface area contributed by atoms with E-state index in [1.54, 1.807) is 6.07 Å². The van der Waals surface area contributed by atoms with Gasteiger partial charge in [0.25, 0.3) is 0 Å². The predicted octanol–water partition coefficient (Wildman–Crippen LogP) is 3.36. The predicted molar refractivity (Wildman–Crippen MR) is 153 cm³/mol. The zero-order chi connectivity index (χ0) is 27.5. The Morgan fingerprint density at radius 1 is 1.07 bits per heavy atom. The van der Waals surface area contributed by atoms with E-state index in [9.17, 15) is 8.42 Å². The Morgan fingerprint density at radius 3 is 2.77 bits per heavy atom. The van der Waals surface area contributed by atoms with Crippen molar-refractivity contribution in [3.8, 4) is 11.4 Å². The SMILES string of the molecule is O=S(=O)(CCO)Nc1ccc2c(c1)N1CCC(CC1)OCCCC1CCCN(C1)C1=NC=CC(C1)c1nc-2no1. The van der Waals surface area contributed by atoms with Gasteiger partial charge in [0, 0.05) is 56.7 Å². The number of hydrogen-bond donors (Lipinski definition) is 2. The Bertz CT molecular complexity index is 1350. The smallest absolute Gasteiger partial charge is 0.234 e. The molecule has 2 atom stereocenters. The molecule has 5 aliphatic heterocycles. The molecule has 6 heterocycles. The van der Waals surface area contributed by atoms with Gasteiger partial charge >= 0.3 is 0 Å². The second-order valence-corrected chi connectivity index (χ2v) is 13.0. The van der Waals surface area contributed by atoms with Crippen LogP contribution in [0.15, 0.2) is 40.0 Å². The molecule has 1 aromatic heterocycles. The molecule has 8 bridgehead atoms. The van der Waals surface area contributed by atoms with Crippen molar-refractivity contribution < 1.29 is 22.8 Å². The molecule has 0 saturated carbocycles. The summed E-state index contributed by atoms with van der Waals surface area (Å²) in [7, 11) is -3.66. The van der Waals surface area contributed by atoms with Gasteiger partial charge in [0.15, 0.2) is 0 Å². The van der Waals surface area contributed by atoms with Crippen LogP contribution in [0.2, 0.25) is 0 Å². The Morgan fingerprint density at radius 2 is 1.93 bits per heavy atom. The maximum atomic E-state index is 12.4. The first-order chi connectivity index (χ1) is 19.5. The second kappa shape index (κ2) is 11.9. The molecule has 0 radical (unpaired) electrons. The lowest BCUT2D eigenvalue weighted by Crippen LogP contribution is -2.41. The van der Waals surface area contributed by atoms with Crippen LogP contribution in [-0.4, -0.2) is 85.7 Å². The zero-order valence-electron chi connectivity index (χ0n) is 22.7. The van der Waals surface area contributed by atoms with E-state index in [1.807, 2.05) is 24.4 Å². The Hall–Kier alpha value is -2.96. The Labute approximate surface area is 235 Å². The fourth-order valence-corrected chi connectivity index (χ4v) is 7.07. The molecule has 7 rings (SSSR count). The van der Waals surface area contributed by atoms with Crippen LogP contribution in [0.3, 0.4) is 0 Å². The summed E-state index contributed by atoms with van der Waals surface area (Å²) in [5.74, 6) is 2.35. The summed E-state index contributed by atoms with van der Waals surface area (Å²) >= 11 is 0. The van der Waals surface area contributed by atoms with Gasteiger partial charge in [-0.2, -0.15) is 4.98 Å². The molecular formula is C28H38N6O5S. The van der Waals surface area contributed by atoms with Crippen LogP contribution < -0.4 is 9.62 Å². The lowest BCUT2D eigenvalue weighted by molar-refractivity contribution is 0.0322. The highest BCUT2D eigenvalue weighted by atomic mass is 32.2. The maximum absolute atomic E-state index is 12.4. The molecule has 2 unspecified atom stereocenters. The third kappa shape index (κ3) is 6.18. The van der Waals surface area contributed by atoms with Crippen LogP contribution in [0.25, 0.3) is 11.4 Å². The number of nitrogens with zero attached hydrogens (tertiary/aromatic N) is 5. The van der Waals surface area contributed by atoms with Crippen LogP contribution in [0, 0.1) is 5.92 Å². The van der Waals surface area contributed by atoms with Gasteiger partial charge in [-0.1, -0.05) is 11.2 Å². The molecule has 2 fully saturated rings. The van der Waals surface area contributed by atoms with Gasteiger partial charge in [0.2, 0.25) is 21.7 Å². The molecular weight excluding hydrogens is 532 g/mol. The number of aliphatic imine (C=N–C) groups is 1. The number of ether oxygens (including phenoxy) is 1. The lowest BCUT2D eigenvalue weighted by Gasteiger charge is -2.36. The van der Waals surface area contributed by atoms with E-state index >= 15 is 0 Å². The van der Waals surface area contributed by atoms with E-state index in [2.05, 4.69) is 19.7 Å². The van der Waals surface area contributed by atoms with Gasteiger partial charge in [-0.25, -0.2) is 13.4 Å². The zero-order valence-corrected chi connectivity index (χ0v) is 23.6. The van der Waals surface area contributed by atoms with Gasteiger partial charge < -0.3 is 24.2 Å². The number of sulfonamides is 1. The topological polar surface area (TPSA) is 133 Å². The van der Waals surface area contributed by atoms with Crippen LogP contribution >= 0.6 is 0 Å². The Kier molecular flexibility index (Phi) is 8.08. The molecule has 0 aliphatic carbocycles. The van der Waals surface area contributed by atoms with Gasteiger partial charge in [-0.05, 0) is 62.6 Å². The monoisotopic (exact) mass is 570 g/mol. The van der Waals surface area contributed by atoms with E-state index in [4.69, 9.17) is 24.3 Å². The third-order valence-corrected chi connectivity index (χ3v) is 9.62.